The summed E-state index contributed by atoms with van der Waals surface area (Å²) in [5, 5.41) is 6.01. The molecule has 4 rings (SSSR count). The largest absolute Gasteiger partial charge is 0.327 e. The van der Waals surface area contributed by atoms with Crippen molar-refractivity contribution in [1.29, 1.82) is 0 Å². The standard InChI is InChI=1S/C27H22F2N2O/c28-23-15-11-21(12-16-23)25(19-7-3-1-4-8-19)30-27(32)31-26(20-9-5-2-6-10-20)22-13-17-24(29)18-14-22/h1-18,25-26H,(H2,30,31,32)/t25-,26-/m1/s1. The van der Waals surface area contributed by atoms with Crippen LogP contribution in [0.25, 0.3) is 0 Å². The summed E-state index contributed by atoms with van der Waals surface area (Å²) in [6, 6.07) is 29.7. The zero-order chi connectivity index (χ0) is 22.3. The quantitative estimate of drug-likeness (QED) is 0.380. The van der Waals surface area contributed by atoms with Gasteiger partial charge in [-0.3, -0.25) is 0 Å². The van der Waals surface area contributed by atoms with E-state index in [4.69, 9.17) is 0 Å². The van der Waals surface area contributed by atoms with E-state index in [-0.39, 0.29) is 11.6 Å². The molecule has 4 aromatic rings. The summed E-state index contributed by atoms with van der Waals surface area (Å²) in [6.07, 6.45) is 0. The van der Waals surface area contributed by atoms with Gasteiger partial charge in [-0.05, 0) is 46.5 Å². The van der Waals surface area contributed by atoms with Gasteiger partial charge in [0.15, 0.2) is 0 Å². The molecule has 0 saturated carbocycles. The molecule has 0 aliphatic carbocycles. The number of hydrogen-bond acceptors (Lipinski definition) is 1. The maximum atomic E-state index is 13.5. The van der Waals surface area contributed by atoms with Gasteiger partial charge in [0.2, 0.25) is 0 Å². The van der Waals surface area contributed by atoms with E-state index in [9.17, 15) is 13.6 Å². The van der Waals surface area contributed by atoms with Crippen LogP contribution in [0.5, 0.6) is 0 Å². The average Bonchev–Trinajstić information content (AvgIpc) is 2.83. The van der Waals surface area contributed by atoms with E-state index < -0.39 is 18.1 Å². The fourth-order valence-electron chi connectivity index (χ4n) is 3.62. The maximum absolute atomic E-state index is 13.5. The molecule has 0 spiro atoms. The number of nitrogens with one attached hydrogen (secondary N) is 2. The van der Waals surface area contributed by atoms with Crippen LogP contribution in [-0.2, 0) is 0 Å². The number of halogens is 2. The highest BCUT2D eigenvalue weighted by molar-refractivity contribution is 5.76. The summed E-state index contributed by atoms with van der Waals surface area (Å²) in [7, 11) is 0. The van der Waals surface area contributed by atoms with Gasteiger partial charge < -0.3 is 10.6 Å². The Bertz CT molecular complexity index is 1050. The number of hydrogen-bond donors (Lipinski definition) is 2. The molecule has 160 valence electrons. The molecule has 0 aliphatic heterocycles. The number of rotatable bonds is 6. The third kappa shape index (κ3) is 5.19. The van der Waals surface area contributed by atoms with Crippen LogP contribution < -0.4 is 10.6 Å². The van der Waals surface area contributed by atoms with Crippen molar-refractivity contribution in [3.05, 3.63) is 143 Å². The molecular formula is C27H22F2N2O. The van der Waals surface area contributed by atoms with Crippen molar-refractivity contribution in [2.24, 2.45) is 0 Å². The van der Waals surface area contributed by atoms with Crippen LogP contribution in [0.1, 0.15) is 34.3 Å². The molecule has 0 radical (unpaired) electrons. The van der Waals surface area contributed by atoms with Gasteiger partial charge in [0, 0.05) is 0 Å². The summed E-state index contributed by atoms with van der Waals surface area (Å²) < 4.78 is 26.9. The Hall–Kier alpha value is -3.99. The highest BCUT2D eigenvalue weighted by atomic mass is 19.1. The molecule has 2 amide bonds. The molecule has 2 N–H and O–H groups in total. The van der Waals surface area contributed by atoms with Crippen LogP contribution in [0.3, 0.4) is 0 Å². The molecular weight excluding hydrogens is 406 g/mol. The second-order valence-corrected chi connectivity index (χ2v) is 7.41. The van der Waals surface area contributed by atoms with E-state index >= 15 is 0 Å². The van der Waals surface area contributed by atoms with Crippen molar-refractivity contribution < 1.29 is 13.6 Å². The van der Waals surface area contributed by atoms with Gasteiger partial charge in [0.25, 0.3) is 0 Å². The summed E-state index contributed by atoms with van der Waals surface area (Å²) in [6.45, 7) is 0. The van der Waals surface area contributed by atoms with E-state index in [0.717, 1.165) is 22.3 Å². The van der Waals surface area contributed by atoms with Crippen molar-refractivity contribution in [3.63, 3.8) is 0 Å². The number of carbonyl (C=O) groups is 1. The smallest absolute Gasteiger partial charge is 0.316 e. The van der Waals surface area contributed by atoms with Crippen LogP contribution in [-0.4, -0.2) is 6.03 Å². The highest BCUT2D eigenvalue weighted by Crippen LogP contribution is 2.25. The monoisotopic (exact) mass is 428 g/mol. The summed E-state index contributed by atoms with van der Waals surface area (Å²) in [4.78, 5) is 13.1. The van der Waals surface area contributed by atoms with Crippen LogP contribution in [0.4, 0.5) is 13.6 Å². The topological polar surface area (TPSA) is 41.1 Å². The summed E-state index contributed by atoms with van der Waals surface area (Å²) in [5.41, 5.74) is 3.25. The van der Waals surface area contributed by atoms with E-state index in [1.54, 1.807) is 24.3 Å². The molecule has 0 aromatic heterocycles. The Labute approximate surface area is 185 Å². The molecule has 5 heteroatoms. The highest BCUT2D eigenvalue weighted by Gasteiger charge is 2.21. The first kappa shape index (κ1) is 21.2. The average molecular weight is 428 g/mol. The minimum Gasteiger partial charge on any atom is -0.327 e. The summed E-state index contributed by atoms with van der Waals surface area (Å²) >= 11 is 0. The van der Waals surface area contributed by atoms with Gasteiger partial charge in [-0.25, -0.2) is 13.6 Å². The maximum Gasteiger partial charge on any atom is 0.316 e. The van der Waals surface area contributed by atoms with Gasteiger partial charge in [0.05, 0.1) is 12.1 Å². The number of carbonyl (C=O) groups excluding carboxylic acids is 1. The predicted octanol–water partition coefficient (Wildman–Crippen LogP) is 6.14. The predicted molar refractivity (Wildman–Crippen MR) is 121 cm³/mol. The van der Waals surface area contributed by atoms with E-state index in [0.29, 0.717) is 0 Å². The van der Waals surface area contributed by atoms with E-state index in [1.807, 2.05) is 60.7 Å². The fourth-order valence-corrected chi connectivity index (χ4v) is 3.62. The molecule has 32 heavy (non-hydrogen) atoms. The van der Waals surface area contributed by atoms with Crippen molar-refractivity contribution in [2.45, 2.75) is 12.1 Å². The lowest BCUT2D eigenvalue weighted by Gasteiger charge is -2.24. The summed E-state index contributed by atoms with van der Waals surface area (Å²) in [5.74, 6) is -0.684. The Balaban J connectivity index is 1.61. The zero-order valence-electron chi connectivity index (χ0n) is 17.2. The fraction of sp³-hybridized carbons (Fsp3) is 0.0741. The molecule has 4 aromatic carbocycles. The van der Waals surface area contributed by atoms with Gasteiger partial charge in [-0.2, -0.15) is 0 Å². The zero-order valence-corrected chi connectivity index (χ0v) is 17.2. The molecule has 0 bridgehead atoms. The Morgan fingerprint density at radius 2 is 0.812 bits per heavy atom. The molecule has 0 aliphatic rings. The molecule has 0 saturated heterocycles. The van der Waals surface area contributed by atoms with Crippen molar-refractivity contribution in [3.8, 4) is 0 Å². The first-order valence-corrected chi connectivity index (χ1v) is 10.3. The van der Waals surface area contributed by atoms with Gasteiger partial charge in [-0.15, -0.1) is 0 Å². The second kappa shape index (κ2) is 9.88. The Kier molecular flexibility index (Phi) is 6.56. The van der Waals surface area contributed by atoms with E-state index in [2.05, 4.69) is 10.6 Å². The van der Waals surface area contributed by atoms with Crippen LogP contribution in [0.2, 0.25) is 0 Å². The van der Waals surface area contributed by atoms with Crippen molar-refractivity contribution >= 4 is 6.03 Å². The lowest BCUT2D eigenvalue weighted by molar-refractivity contribution is 0.236. The number of benzene rings is 4. The minimum absolute atomic E-state index is 0.342. The van der Waals surface area contributed by atoms with Gasteiger partial charge >= 0.3 is 6.03 Å². The van der Waals surface area contributed by atoms with Crippen molar-refractivity contribution in [2.75, 3.05) is 0 Å². The second-order valence-electron chi connectivity index (χ2n) is 7.41. The normalized spacial score (nSPS) is 12.6. The lowest BCUT2D eigenvalue weighted by atomic mass is 9.98. The number of urea groups is 1. The first-order chi connectivity index (χ1) is 15.6. The molecule has 0 unspecified atom stereocenters. The van der Waals surface area contributed by atoms with Crippen molar-refractivity contribution in [1.82, 2.24) is 10.6 Å². The van der Waals surface area contributed by atoms with Crippen LogP contribution in [0.15, 0.2) is 109 Å². The SMILES string of the molecule is O=C(N[C@H](c1ccccc1)c1ccc(F)cc1)N[C@H](c1ccccc1)c1ccc(F)cc1. The number of amides is 2. The van der Waals surface area contributed by atoms with Crippen LogP contribution >= 0.6 is 0 Å². The van der Waals surface area contributed by atoms with Crippen LogP contribution in [0, 0.1) is 11.6 Å². The first-order valence-electron chi connectivity index (χ1n) is 10.3. The van der Waals surface area contributed by atoms with Gasteiger partial charge in [0.1, 0.15) is 11.6 Å². The third-order valence-electron chi connectivity index (χ3n) is 5.22. The third-order valence-corrected chi connectivity index (χ3v) is 5.22. The molecule has 3 nitrogen and oxygen atoms in total. The Morgan fingerprint density at radius 3 is 1.16 bits per heavy atom. The molecule has 2 atom stereocenters. The van der Waals surface area contributed by atoms with E-state index in [1.165, 1.54) is 24.3 Å². The van der Waals surface area contributed by atoms with Gasteiger partial charge in [-0.1, -0.05) is 84.9 Å². The Morgan fingerprint density at radius 1 is 0.500 bits per heavy atom. The molecule has 0 fully saturated rings. The lowest BCUT2D eigenvalue weighted by Crippen LogP contribution is -2.40. The minimum atomic E-state index is -0.471. The molecule has 0 heterocycles.